The van der Waals surface area contributed by atoms with Crippen molar-refractivity contribution in [2.24, 2.45) is 0 Å². The molecule has 52 heavy (non-hydrogen) atoms. The first-order chi connectivity index (χ1) is 25.2. The molecule has 0 aliphatic carbocycles. The summed E-state index contributed by atoms with van der Waals surface area (Å²) in [5.41, 5.74) is 0. The topological polar surface area (TPSA) is 120 Å². The fourth-order valence-corrected chi connectivity index (χ4v) is 6.54. The van der Waals surface area contributed by atoms with Crippen molar-refractivity contribution in [2.75, 3.05) is 0 Å². The summed E-state index contributed by atoms with van der Waals surface area (Å²) in [6.07, 6.45) is 43.5. The Morgan fingerprint density at radius 2 is 0.442 bits per heavy atom. The number of aliphatic carboxylic acids is 3. The molecule has 0 aromatic heterocycles. The van der Waals surface area contributed by atoms with Crippen LogP contribution in [-0.2, 0) is 14.4 Å². The Bertz CT molecular complexity index is 587. The molecule has 6 nitrogen and oxygen atoms in total. The van der Waals surface area contributed by atoms with Crippen molar-refractivity contribution < 1.29 is 29.7 Å². The Labute approximate surface area is 338 Å². The molecule has 0 radical (unpaired) electrons. The number of carboxylic acid groups (broad SMARTS) is 3. The monoisotopic (exact) mass is 845 g/mol. The van der Waals surface area contributed by atoms with E-state index in [9.17, 15) is 29.7 Å². The summed E-state index contributed by atoms with van der Waals surface area (Å²) in [4.78, 5) is 30.4. The van der Waals surface area contributed by atoms with Gasteiger partial charge in [-0.2, -0.15) is 0 Å². The molecule has 0 aliphatic heterocycles. The van der Waals surface area contributed by atoms with Crippen LogP contribution in [0.3, 0.4) is 0 Å². The van der Waals surface area contributed by atoms with E-state index in [0.29, 0.717) is 0 Å². The molecule has 0 saturated heterocycles. The Balaban J connectivity index is -0.000000304. The summed E-state index contributed by atoms with van der Waals surface area (Å²) in [6.45, 7) is 8.95. The van der Waals surface area contributed by atoms with Crippen LogP contribution in [0, 0.1) is 0 Å². The molecular formula is C45H88O6Sn. The van der Waals surface area contributed by atoms with Crippen LogP contribution < -0.4 is 15.3 Å². The first kappa shape index (κ1) is 57.9. The van der Waals surface area contributed by atoms with E-state index in [-0.39, 0.29) is 19.3 Å². The molecule has 0 bridgehead atoms. The molecule has 0 N–H and O–H groups in total. The van der Waals surface area contributed by atoms with Gasteiger partial charge in [-0.25, -0.2) is 0 Å². The van der Waals surface area contributed by atoms with Gasteiger partial charge in [0, 0.05) is 17.9 Å². The molecule has 0 aromatic carbocycles. The third-order valence-corrected chi connectivity index (χ3v) is 10.2. The maximum absolute atomic E-state index is 10.1. The zero-order valence-electron chi connectivity index (χ0n) is 35.3. The molecule has 308 valence electrons. The number of carbonyl (C=O) groups is 3. The SMILES string of the molecule is CCCCCCCCCCCCC(=O)[O-].CCCCCCCCCCCCC(=O)[O-].CCCCCCCCCCCCC(=O)[O-].CCCCC[CH2][Sn+3]. The van der Waals surface area contributed by atoms with Crippen molar-refractivity contribution in [1.82, 2.24) is 0 Å². The van der Waals surface area contributed by atoms with Crippen molar-refractivity contribution in [2.45, 2.75) is 270 Å². The normalized spacial score (nSPS) is 10.3. The van der Waals surface area contributed by atoms with E-state index in [1.165, 1.54) is 184 Å². The van der Waals surface area contributed by atoms with E-state index >= 15 is 0 Å². The first-order valence-electron chi connectivity index (χ1n) is 22.5. The Kier molecular flexibility index (Phi) is 63.4. The van der Waals surface area contributed by atoms with Gasteiger partial charge in [-0.15, -0.1) is 0 Å². The van der Waals surface area contributed by atoms with Gasteiger partial charge >= 0.3 is 59.6 Å². The van der Waals surface area contributed by atoms with Crippen molar-refractivity contribution in [1.29, 1.82) is 0 Å². The molecular weight excluding hydrogens is 755 g/mol. The van der Waals surface area contributed by atoms with Crippen LogP contribution >= 0.6 is 0 Å². The van der Waals surface area contributed by atoms with Crippen LogP contribution in [-0.4, -0.2) is 40.4 Å². The minimum absolute atomic E-state index is 0.233. The summed E-state index contributed by atoms with van der Waals surface area (Å²) in [7, 11) is 0. The number of carboxylic acids is 3. The number of rotatable bonds is 37. The van der Waals surface area contributed by atoms with E-state index in [4.69, 9.17) is 0 Å². The van der Waals surface area contributed by atoms with Crippen LogP contribution in [0.15, 0.2) is 0 Å². The van der Waals surface area contributed by atoms with Crippen LogP contribution in [0.5, 0.6) is 0 Å². The summed E-state index contributed by atoms with van der Waals surface area (Å²) < 4.78 is 1.45. The average Bonchev–Trinajstić information content (AvgIpc) is 3.11. The van der Waals surface area contributed by atoms with E-state index in [1.54, 1.807) is 22.5 Å². The molecule has 0 unspecified atom stereocenters. The quantitative estimate of drug-likeness (QED) is 0.0454. The second-order valence-electron chi connectivity index (χ2n) is 14.7. The zero-order valence-corrected chi connectivity index (χ0v) is 38.2. The van der Waals surface area contributed by atoms with E-state index in [1.807, 2.05) is 0 Å². The number of hydrogen-bond acceptors (Lipinski definition) is 6. The van der Waals surface area contributed by atoms with Gasteiger partial charge in [0.05, 0.1) is 0 Å². The van der Waals surface area contributed by atoms with Crippen LogP contribution in [0.1, 0.15) is 265 Å². The number of hydrogen-bond donors (Lipinski definition) is 0. The molecule has 0 saturated carbocycles. The van der Waals surface area contributed by atoms with Gasteiger partial charge in [-0.3, -0.25) is 0 Å². The van der Waals surface area contributed by atoms with Crippen LogP contribution in [0.25, 0.3) is 0 Å². The number of unbranched alkanes of at least 4 members (excludes halogenated alkanes) is 30. The zero-order chi connectivity index (χ0) is 39.6. The second-order valence-corrected chi connectivity index (χ2v) is 16.1. The molecule has 0 heterocycles. The standard InChI is InChI=1S/3C13H26O2.C6H13.Sn/c3*1-2-3-4-5-6-7-8-9-10-11-12-13(14)15;1-3-5-6-4-2;/h3*2-12H2,1H3,(H,14,15);1,3-6H2,2H3;/q;;;;+3/p-3. The summed E-state index contributed by atoms with van der Waals surface area (Å²) in [5.74, 6) is -2.72. The van der Waals surface area contributed by atoms with Crippen molar-refractivity contribution in [3.63, 3.8) is 0 Å². The van der Waals surface area contributed by atoms with Gasteiger partial charge in [0.25, 0.3) is 0 Å². The fraction of sp³-hybridized carbons (Fsp3) is 0.933. The van der Waals surface area contributed by atoms with Crippen LogP contribution in [0.4, 0.5) is 0 Å². The van der Waals surface area contributed by atoms with Gasteiger partial charge in [-0.05, 0) is 38.5 Å². The van der Waals surface area contributed by atoms with Gasteiger partial charge in [0.15, 0.2) is 0 Å². The van der Waals surface area contributed by atoms with Crippen molar-refractivity contribution in [3.05, 3.63) is 0 Å². The molecule has 0 amide bonds. The van der Waals surface area contributed by atoms with Gasteiger partial charge in [-0.1, -0.05) is 194 Å². The average molecular weight is 844 g/mol. The van der Waals surface area contributed by atoms with E-state index < -0.39 is 17.9 Å². The van der Waals surface area contributed by atoms with Crippen molar-refractivity contribution >= 4 is 40.4 Å². The van der Waals surface area contributed by atoms with Gasteiger partial charge < -0.3 is 29.7 Å². The van der Waals surface area contributed by atoms with Gasteiger partial charge in [0.2, 0.25) is 0 Å². The number of carbonyl (C=O) groups excluding carboxylic acids is 3. The molecule has 0 atom stereocenters. The molecule has 0 fully saturated rings. The first-order valence-corrected chi connectivity index (χ1v) is 24.5. The third-order valence-electron chi connectivity index (χ3n) is 9.23. The molecule has 7 heteroatoms. The molecule has 0 rings (SSSR count). The van der Waals surface area contributed by atoms with E-state index in [2.05, 4.69) is 27.7 Å². The fourth-order valence-electron chi connectivity index (χ4n) is 5.82. The Morgan fingerprint density at radius 3 is 0.596 bits per heavy atom. The Morgan fingerprint density at radius 1 is 0.288 bits per heavy atom. The summed E-state index contributed by atoms with van der Waals surface area (Å²) >= 11 is 1.70. The van der Waals surface area contributed by atoms with E-state index in [0.717, 1.165) is 38.5 Å². The van der Waals surface area contributed by atoms with Gasteiger partial charge in [0.1, 0.15) is 0 Å². The predicted octanol–water partition coefficient (Wildman–Crippen LogP) is 11.3. The summed E-state index contributed by atoms with van der Waals surface area (Å²) in [6, 6.07) is 0. The Hall–Kier alpha value is -0.791. The maximum atomic E-state index is 10.1. The second kappa shape index (κ2) is 56.9. The van der Waals surface area contributed by atoms with Crippen molar-refractivity contribution in [3.8, 4) is 0 Å². The molecule has 0 spiro atoms. The molecule has 0 aliphatic rings. The minimum atomic E-state index is -0.908. The van der Waals surface area contributed by atoms with Crippen LogP contribution in [0.2, 0.25) is 4.44 Å². The molecule has 0 aromatic rings. The third kappa shape index (κ3) is 74.4. The predicted molar refractivity (Wildman–Crippen MR) is 219 cm³/mol. The summed E-state index contributed by atoms with van der Waals surface area (Å²) in [5, 5.41) is 30.4.